The summed E-state index contributed by atoms with van der Waals surface area (Å²) in [7, 11) is 0. The van der Waals surface area contributed by atoms with E-state index in [-0.39, 0.29) is 30.2 Å². The number of aliphatic hydroxyl groups is 2. The normalized spacial score (nSPS) is 13.1. The van der Waals surface area contributed by atoms with Gasteiger partial charge in [-0.15, -0.1) is 0 Å². The molecule has 134 valence electrons. The summed E-state index contributed by atoms with van der Waals surface area (Å²) < 4.78 is 18.3. The summed E-state index contributed by atoms with van der Waals surface area (Å²) >= 11 is 5.72. The lowest BCUT2D eigenvalue weighted by Gasteiger charge is -2.18. The van der Waals surface area contributed by atoms with Crippen molar-refractivity contribution >= 4 is 17.7 Å². The Labute approximate surface area is 150 Å². The van der Waals surface area contributed by atoms with Gasteiger partial charge in [-0.1, -0.05) is 41.9 Å². The average molecular weight is 368 g/mol. The number of benzene rings is 2. The Balaban J connectivity index is 1.73. The van der Waals surface area contributed by atoms with Gasteiger partial charge in [-0.05, 0) is 35.7 Å². The number of nitrogens with one attached hydrogen (secondary N) is 1. The highest BCUT2D eigenvalue weighted by molar-refractivity contribution is 6.30. The maximum atomic E-state index is 13.3. The van der Waals surface area contributed by atoms with Crippen LogP contribution >= 0.6 is 11.6 Å². The molecule has 0 aromatic heterocycles. The molecule has 0 spiro atoms. The summed E-state index contributed by atoms with van der Waals surface area (Å²) in [4.78, 5) is 11.6. The van der Waals surface area contributed by atoms with Gasteiger partial charge >= 0.3 is 6.09 Å². The summed E-state index contributed by atoms with van der Waals surface area (Å²) in [6.45, 7) is 0.231. The SMILES string of the molecule is O=C(NCCC(O)C(O)c1cc(F)cc(Cl)c1)OCc1ccccc1. The third-order valence-electron chi connectivity index (χ3n) is 3.51. The van der Waals surface area contributed by atoms with Crippen molar-refractivity contribution in [1.29, 1.82) is 0 Å². The van der Waals surface area contributed by atoms with E-state index < -0.39 is 24.1 Å². The van der Waals surface area contributed by atoms with Crippen LogP contribution in [-0.2, 0) is 11.3 Å². The predicted molar refractivity (Wildman–Crippen MR) is 91.6 cm³/mol. The smallest absolute Gasteiger partial charge is 0.407 e. The molecule has 1 amide bonds. The van der Waals surface area contributed by atoms with Crippen molar-refractivity contribution in [3.8, 4) is 0 Å². The summed E-state index contributed by atoms with van der Waals surface area (Å²) in [5.41, 5.74) is 1.03. The lowest BCUT2D eigenvalue weighted by atomic mass is 10.0. The van der Waals surface area contributed by atoms with E-state index in [1.807, 2.05) is 30.3 Å². The number of amides is 1. The van der Waals surface area contributed by atoms with Gasteiger partial charge in [0.2, 0.25) is 0 Å². The van der Waals surface area contributed by atoms with E-state index in [2.05, 4.69) is 5.32 Å². The molecule has 2 aromatic carbocycles. The van der Waals surface area contributed by atoms with Crippen LogP contribution in [0, 0.1) is 5.82 Å². The van der Waals surface area contributed by atoms with Crippen LogP contribution in [0.15, 0.2) is 48.5 Å². The molecule has 0 fully saturated rings. The topological polar surface area (TPSA) is 78.8 Å². The Morgan fingerprint density at radius 2 is 1.92 bits per heavy atom. The zero-order valence-corrected chi connectivity index (χ0v) is 14.1. The summed E-state index contributed by atoms with van der Waals surface area (Å²) in [6.07, 6.45) is -3.06. The van der Waals surface area contributed by atoms with Crippen LogP contribution in [-0.4, -0.2) is 29.0 Å². The van der Waals surface area contributed by atoms with Crippen molar-refractivity contribution in [2.24, 2.45) is 0 Å². The van der Waals surface area contributed by atoms with E-state index in [9.17, 15) is 19.4 Å². The summed E-state index contributed by atoms with van der Waals surface area (Å²) in [5.74, 6) is -0.601. The van der Waals surface area contributed by atoms with Crippen molar-refractivity contribution in [2.45, 2.75) is 25.2 Å². The minimum atomic E-state index is -1.31. The van der Waals surface area contributed by atoms with Crippen molar-refractivity contribution in [3.63, 3.8) is 0 Å². The molecular weight excluding hydrogens is 349 g/mol. The van der Waals surface area contributed by atoms with Gasteiger partial charge in [0.1, 0.15) is 18.5 Å². The van der Waals surface area contributed by atoms with Gasteiger partial charge in [0.15, 0.2) is 0 Å². The standard InChI is InChI=1S/C18H19ClFNO4/c19-14-8-13(9-15(20)10-14)17(23)16(22)6-7-21-18(24)25-11-12-4-2-1-3-5-12/h1-5,8-10,16-17,22-23H,6-7,11H2,(H,21,24). The van der Waals surface area contributed by atoms with Crippen LogP contribution < -0.4 is 5.32 Å². The quantitative estimate of drug-likeness (QED) is 0.702. The first kappa shape index (κ1) is 19.2. The number of halogens is 2. The maximum Gasteiger partial charge on any atom is 0.407 e. The summed E-state index contributed by atoms with van der Waals surface area (Å²) in [5, 5.41) is 22.6. The van der Waals surface area contributed by atoms with Gasteiger partial charge in [0.25, 0.3) is 0 Å². The van der Waals surface area contributed by atoms with E-state index in [0.717, 1.165) is 17.7 Å². The highest BCUT2D eigenvalue weighted by Crippen LogP contribution is 2.23. The lowest BCUT2D eigenvalue weighted by molar-refractivity contribution is 0.0135. The Bertz CT molecular complexity index is 678. The predicted octanol–water partition coefficient (Wildman–Crippen LogP) is 3.19. The molecule has 25 heavy (non-hydrogen) atoms. The van der Waals surface area contributed by atoms with E-state index in [0.29, 0.717) is 0 Å². The van der Waals surface area contributed by atoms with Crippen molar-refractivity contribution in [2.75, 3.05) is 6.54 Å². The van der Waals surface area contributed by atoms with Gasteiger partial charge < -0.3 is 20.3 Å². The molecule has 0 bridgehead atoms. The highest BCUT2D eigenvalue weighted by atomic mass is 35.5. The minimum absolute atomic E-state index is 0.0652. The van der Waals surface area contributed by atoms with E-state index >= 15 is 0 Å². The number of rotatable bonds is 7. The van der Waals surface area contributed by atoms with Crippen molar-refractivity contribution in [3.05, 3.63) is 70.5 Å². The number of hydrogen-bond acceptors (Lipinski definition) is 4. The van der Waals surface area contributed by atoms with Gasteiger partial charge in [0, 0.05) is 11.6 Å². The molecule has 2 unspecified atom stereocenters. The molecule has 7 heteroatoms. The first-order valence-electron chi connectivity index (χ1n) is 7.72. The molecule has 0 heterocycles. The largest absolute Gasteiger partial charge is 0.445 e. The molecule has 0 saturated carbocycles. The molecule has 2 atom stereocenters. The third kappa shape index (κ3) is 6.34. The van der Waals surface area contributed by atoms with Crippen LogP contribution in [0.5, 0.6) is 0 Å². The molecule has 5 nitrogen and oxygen atoms in total. The molecule has 0 radical (unpaired) electrons. The second kappa shape index (κ2) is 9.36. The minimum Gasteiger partial charge on any atom is -0.445 e. The van der Waals surface area contributed by atoms with Gasteiger partial charge in [-0.2, -0.15) is 0 Å². The van der Waals surface area contributed by atoms with Crippen LogP contribution in [0.25, 0.3) is 0 Å². The Hall–Kier alpha value is -2.15. The maximum absolute atomic E-state index is 13.3. The first-order chi connectivity index (χ1) is 12.0. The van der Waals surface area contributed by atoms with E-state index in [1.54, 1.807) is 0 Å². The first-order valence-corrected chi connectivity index (χ1v) is 8.10. The average Bonchev–Trinajstić information content (AvgIpc) is 2.59. The number of hydrogen-bond donors (Lipinski definition) is 3. The molecule has 2 rings (SSSR count). The van der Waals surface area contributed by atoms with Crippen LogP contribution in [0.2, 0.25) is 5.02 Å². The fourth-order valence-electron chi connectivity index (χ4n) is 2.22. The van der Waals surface area contributed by atoms with Gasteiger partial charge in [0.05, 0.1) is 6.10 Å². The number of alkyl carbamates (subject to hydrolysis) is 1. The Morgan fingerprint density at radius 1 is 1.20 bits per heavy atom. The molecule has 3 N–H and O–H groups in total. The van der Waals surface area contributed by atoms with Gasteiger partial charge in [-0.25, -0.2) is 9.18 Å². The zero-order chi connectivity index (χ0) is 18.2. The number of carbonyl (C=O) groups is 1. The van der Waals surface area contributed by atoms with Crippen molar-refractivity contribution in [1.82, 2.24) is 5.32 Å². The zero-order valence-electron chi connectivity index (χ0n) is 13.4. The molecule has 0 aliphatic carbocycles. The molecule has 0 aliphatic heterocycles. The number of aliphatic hydroxyl groups excluding tert-OH is 2. The molecule has 0 saturated heterocycles. The molecule has 0 aliphatic rings. The summed E-state index contributed by atoms with van der Waals surface area (Å²) in [6, 6.07) is 12.8. The highest BCUT2D eigenvalue weighted by Gasteiger charge is 2.19. The number of ether oxygens (including phenoxy) is 1. The fraction of sp³-hybridized carbons (Fsp3) is 0.278. The third-order valence-corrected chi connectivity index (χ3v) is 3.73. The second-order valence-electron chi connectivity index (χ2n) is 5.49. The Kier molecular flexibility index (Phi) is 7.18. The molecule has 2 aromatic rings. The second-order valence-corrected chi connectivity index (χ2v) is 5.93. The van der Waals surface area contributed by atoms with E-state index in [1.165, 1.54) is 6.07 Å². The fourth-order valence-corrected chi connectivity index (χ4v) is 2.45. The Morgan fingerprint density at radius 3 is 2.60 bits per heavy atom. The molecular formula is C18H19ClFNO4. The van der Waals surface area contributed by atoms with Gasteiger partial charge in [-0.3, -0.25) is 0 Å². The van der Waals surface area contributed by atoms with Crippen LogP contribution in [0.4, 0.5) is 9.18 Å². The van der Waals surface area contributed by atoms with Crippen molar-refractivity contribution < 1.29 is 24.1 Å². The number of carbonyl (C=O) groups excluding carboxylic acids is 1. The van der Waals surface area contributed by atoms with Crippen LogP contribution in [0.1, 0.15) is 23.7 Å². The lowest BCUT2D eigenvalue weighted by Crippen LogP contribution is -2.29. The van der Waals surface area contributed by atoms with E-state index in [4.69, 9.17) is 16.3 Å². The van der Waals surface area contributed by atoms with Crippen LogP contribution in [0.3, 0.4) is 0 Å². The monoisotopic (exact) mass is 367 g/mol.